The molecule has 0 spiro atoms. The van der Waals surface area contributed by atoms with Gasteiger partial charge < -0.3 is 5.32 Å². The molecule has 3 heteroatoms. The number of hydrogen-bond donors (Lipinski definition) is 1. The molecule has 1 aliphatic rings. The second-order valence-electron chi connectivity index (χ2n) is 5.13. The van der Waals surface area contributed by atoms with Gasteiger partial charge in [0.05, 0.1) is 5.52 Å². The fourth-order valence-electron chi connectivity index (χ4n) is 2.00. The Bertz CT molecular complexity index is 528. The Balaban J connectivity index is 1.98. The Morgan fingerprint density at radius 3 is 2.75 bits per heavy atom. The largest absolute Gasteiger partial charge is 0.366 e. The maximum atomic E-state index is 4.33. The van der Waals surface area contributed by atoms with E-state index in [1.165, 1.54) is 6.42 Å². The number of hydrogen-bond acceptors (Lipinski definition) is 3. The Hall–Kier alpha value is -1.64. The van der Waals surface area contributed by atoms with Crippen molar-refractivity contribution in [3.63, 3.8) is 0 Å². The van der Waals surface area contributed by atoms with Crippen LogP contribution in [0.4, 0.5) is 5.82 Å². The van der Waals surface area contributed by atoms with E-state index >= 15 is 0 Å². The smallest absolute Gasteiger partial charge is 0.137 e. The van der Waals surface area contributed by atoms with E-state index in [1.54, 1.807) is 6.33 Å². The van der Waals surface area contributed by atoms with Crippen LogP contribution >= 0.6 is 0 Å². The first-order chi connectivity index (χ1) is 7.67. The Morgan fingerprint density at radius 2 is 2.00 bits per heavy atom. The lowest BCUT2D eigenvalue weighted by Gasteiger charge is -2.09. The molecule has 1 N–H and O–H groups in total. The van der Waals surface area contributed by atoms with Crippen LogP contribution in [0.2, 0.25) is 0 Å². The van der Waals surface area contributed by atoms with Gasteiger partial charge in [0.15, 0.2) is 0 Å². The molecule has 0 amide bonds. The molecule has 1 unspecified atom stereocenters. The third kappa shape index (κ3) is 1.52. The molecule has 16 heavy (non-hydrogen) atoms. The van der Waals surface area contributed by atoms with Gasteiger partial charge in [-0.1, -0.05) is 26.0 Å². The van der Waals surface area contributed by atoms with Gasteiger partial charge in [0.1, 0.15) is 12.1 Å². The van der Waals surface area contributed by atoms with Crippen molar-refractivity contribution in [3.05, 3.63) is 30.6 Å². The summed E-state index contributed by atoms with van der Waals surface area (Å²) >= 11 is 0. The van der Waals surface area contributed by atoms with Gasteiger partial charge in [-0.05, 0) is 24.0 Å². The highest BCUT2D eigenvalue weighted by molar-refractivity contribution is 5.88. The summed E-state index contributed by atoms with van der Waals surface area (Å²) in [4.78, 5) is 8.59. The highest BCUT2D eigenvalue weighted by Crippen LogP contribution is 2.46. The molecule has 1 aromatic heterocycles. The van der Waals surface area contributed by atoms with Gasteiger partial charge in [0.2, 0.25) is 0 Å². The summed E-state index contributed by atoms with van der Waals surface area (Å²) in [5.41, 5.74) is 1.41. The SMILES string of the molecule is CC1(C)CC1Nc1ncnc2ccccc12. The van der Waals surface area contributed by atoms with E-state index in [-0.39, 0.29) is 0 Å². The minimum absolute atomic E-state index is 0.409. The van der Waals surface area contributed by atoms with Gasteiger partial charge in [-0.15, -0.1) is 0 Å². The van der Waals surface area contributed by atoms with Crippen LogP contribution in [-0.2, 0) is 0 Å². The first-order valence-electron chi connectivity index (χ1n) is 5.63. The van der Waals surface area contributed by atoms with E-state index in [1.807, 2.05) is 18.2 Å². The van der Waals surface area contributed by atoms with Gasteiger partial charge in [-0.2, -0.15) is 0 Å². The predicted molar refractivity (Wildman–Crippen MR) is 65.3 cm³/mol. The third-order valence-corrected chi connectivity index (χ3v) is 3.37. The van der Waals surface area contributed by atoms with Crippen LogP contribution < -0.4 is 5.32 Å². The normalized spacial score (nSPS) is 22.0. The molecule has 82 valence electrons. The first-order valence-corrected chi connectivity index (χ1v) is 5.63. The summed E-state index contributed by atoms with van der Waals surface area (Å²) < 4.78 is 0. The van der Waals surface area contributed by atoms with Gasteiger partial charge in [-0.3, -0.25) is 0 Å². The maximum absolute atomic E-state index is 4.33. The fourth-order valence-corrected chi connectivity index (χ4v) is 2.00. The lowest BCUT2D eigenvalue weighted by Crippen LogP contribution is -2.10. The zero-order valence-corrected chi connectivity index (χ0v) is 9.57. The van der Waals surface area contributed by atoms with E-state index in [2.05, 4.69) is 35.2 Å². The van der Waals surface area contributed by atoms with Crippen molar-refractivity contribution in [1.29, 1.82) is 0 Å². The standard InChI is InChI=1S/C13H15N3/c1-13(2)7-11(13)16-12-9-5-3-4-6-10(9)14-8-15-12/h3-6,8,11H,7H2,1-2H3,(H,14,15,16). The Kier molecular flexibility index (Phi) is 1.90. The molecule has 1 atom stereocenters. The molecule has 1 heterocycles. The zero-order valence-electron chi connectivity index (χ0n) is 9.57. The van der Waals surface area contributed by atoms with E-state index in [4.69, 9.17) is 0 Å². The second-order valence-corrected chi connectivity index (χ2v) is 5.13. The van der Waals surface area contributed by atoms with Crippen molar-refractivity contribution in [2.24, 2.45) is 5.41 Å². The van der Waals surface area contributed by atoms with Crippen molar-refractivity contribution in [1.82, 2.24) is 9.97 Å². The Morgan fingerprint density at radius 1 is 1.25 bits per heavy atom. The van der Waals surface area contributed by atoms with E-state index < -0.39 is 0 Å². The summed E-state index contributed by atoms with van der Waals surface area (Å²) in [5.74, 6) is 0.959. The average Bonchev–Trinajstić information content (AvgIpc) is 2.87. The molecule has 1 saturated carbocycles. The van der Waals surface area contributed by atoms with Crippen LogP contribution in [0, 0.1) is 5.41 Å². The van der Waals surface area contributed by atoms with Gasteiger partial charge in [-0.25, -0.2) is 9.97 Å². The van der Waals surface area contributed by atoms with E-state index in [0.29, 0.717) is 11.5 Å². The van der Waals surface area contributed by atoms with E-state index in [0.717, 1.165) is 16.7 Å². The van der Waals surface area contributed by atoms with Crippen LogP contribution in [0.3, 0.4) is 0 Å². The summed E-state index contributed by atoms with van der Waals surface area (Å²) in [6.45, 7) is 4.54. The minimum atomic E-state index is 0.409. The zero-order chi connectivity index (χ0) is 11.2. The van der Waals surface area contributed by atoms with Crippen molar-refractivity contribution in [2.45, 2.75) is 26.3 Å². The number of rotatable bonds is 2. The molecule has 0 aliphatic heterocycles. The van der Waals surface area contributed by atoms with Gasteiger partial charge in [0.25, 0.3) is 0 Å². The maximum Gasteiger partial charge on any atom is 0.137 e. The van der Waals surface area contributed by atoms with E-state index in [9.17, 15) is 0 Å². The van der Waals surface area contributed by atoms with Crippen LogP contribution in [-0.4, -0.2) is 16.0 Å². The molecular formula is C13H15N3. The fraction of sp³-hybridized carbons (Fsp3) is 0.385. The highest BCUT2D eigenvalue weighted by atomic mass is 15.1. The lowest BCUT2D eigenvalue weighted by atomic mass is 10.2. The number of fused-ring (bicyclic) bond motifs is 1. The third-order valence-electron chi connectivity index (χ3n) is 3.37. The molecule has 0 saturated heterocycles. The van der Waals surface area contributed by atoms with Gasteiger partial charge >= 0.3 is 0 Å². The quantitative estimate of drug-likeness (QED) is 0.833. The molecule has 3 nitrogen and oxygen atoms in total. The Labute approximate surface area is 94.9 Å². The topological polar surface area (TPSA) is 37.8 Å². The molecule has 3 rings (SSSR count). The first kappa shape index (κ1) is 9.58. The number of nitrogens with zero attached hydrogens (tertiary/aromatic N) is 2. The molecule has 1 fully saturated rings. The van der Waals surface area contributed by atoms with Crippen LogP contribution in [0.25, 0.3) is 10.9 Å². The monoisotopic (exact) mass is 213 g/mol. The van der Waals surface area contributed by atoms with Crippen molar-refractivity contribution < 1.29 is 0 Å². The summed E-state index contributed by atoms with van der Waals surface area (Å²) in [6.07, 6.45) is 2.84. The van der Waals surface area contributed by atoms with Crippen molar-refractivity contribution in [2.75, 3.05) is 5.32 Å². The molecule has 1 aliphatic carbocycles. The number of anilines is 1. The second kappa shape index (κ2) is 3.17. The highest BCUT2D eigenvalue weighted by Gasteiger charge is 2.45. The molecular weight excluding hydrogens is 198 g/mol. The lowest BCUT2D eigenvalue weighted by molar-refractivity contribution is 0.630. The van der Waals surface area contributed by atoms with Crippen LogP contribution in [0.1, 0.15) is 20.3 Å². The molecule has 0 bridgehead atoms. The summed E-state index contributed by atoms with van der Waals surface area (Å²) in [5, 5.41) is 4.60. The summed E-state index contributed by atoms with van der Waals surface area (Å²) in [7, 11) is 0. The molecule has 1 aromatic carbocycles. The molecule has 0 radical (unpaired) electrons. The van der Waals surface area contributed by atoms with Crippen molar-refractivity contribution in [3.8, 4) is 0 Å². The average molecular weight is 213 g/mol. The number of para-hydroxylation sites is 1. The van der Waals surface area contributed by atoms with Crippen molar-refractivity contribution >= 4 is 16.7 Å². The molecule has 2 aromatic rings. The number of aromatic nitrogens is 2. The minimum Gasteiger partial charge on any atom is -0.366 e. The number of nitrogens with one attached hydrogen (secondary N) is 1. The summed E-state index contributed by atoms with van der Waals surface area (Å²) in [6, 6.07) is 8.65. The van der Waals surface area contributed by atoms with Crippen LogP contribution in [0.15, 0.2) is 30.6 Å². The van der Waals surface area contributed by atoms with Gasteiger partial charge in [0, 0.05) is 11.4 Å². The number of benzene rings is 1. The van der Waals surface area contributed by atoms with Crippen LogP contribution in [0.5, 0.6) is 0 Å². The predicted octanol–water partition coefficient (Wildman–Crippen LogP) is 2.84.